The van der Waals surface area contributed by atoms with Crippen molar-refractivity contribution in [2.24, 2.45) is 5.92 Å². The summed E-state index contributed by atoms with van der Waals surface area (Å²) in [5.41, 5.74) is 4.17. The number of rotatable bonds is 5. The normalized spacial score (nSPS) is 25.0. The van der Waals surface area contributed by atoms with Gasteiger partial charge >= 0.3 is 0 Å². The maximum atomic E-state index is 13.1. The maximum absolute atomic E-state index is 13.1. The average molecular weight is 484 g/mol. The monoisotopic (exact) mass is 483 g/mol. The lowest BCUT2D eigenvalue weighted by Gasteiger charge is -2.38. The van der Waals surface area contributed by atoms with Crippen LogP contribution in [0.25, 0.3) is 11.1 Å². The van der Waals surface area contributed by atoms with Crippen molar-refractivity contribution in [1.29, 1.82) is 0 Å². The van der Waals surface area contributed by atoms with Gasteiger partial charge in [0.25, 0.3) is 0 Å². The van der Waals surface area contributed by atoms with E-state index >= 15 is 0 Å². The molecule has 182 valence electrons. The number of aromatic nitrogens is 2. The van der Waals surface area contributed by atoms with Gasteiger partial charge in [0.05, 0.1) is 35.5 Å². The van der Waals surface area contributed by atoms with Gasteiger partial charge in [-0.2, -0.15) is 5.10 Å². The van der Waals surface area contributed by atoms with E-state index in [9.17, 15) is 13.2 Å². The molecule has 4 aliphatic rings. The number of nitrogens with zero attached hydrogens (tertiary/aromatic N) is 3. The quantitative estimate of drug-likeness (QED) is 0.633. The van der Waals surface area contributed by atoms with Crippen LogP contribution in [0.5, 0.6) is 5.75 Å². The zero-order chi connectivity index (χ0) is 23.4. The van der Waals surface area contributed by atoms with Crippen LogP contribution in [0.1, 0.15) is 69.9 Å². The summed E-state index contributed by atoms with van der Waals surface area (Å²) in [6, 6.07) is 4.50. The standard InChI is InChI=1S/C26H33N3O4S/c1-17-5-8-23-24(29(17)26(30)18-6-7-18)10-9-22(25(23)33-21-3-2-4-21)19-15-27-28(16-19)20-11-13-34(31,32)14-12-20/h9-10,15-18,20-21H,2-8,11-14H2,1H3/t17-/m0/s1. The molecular formula is C26H33N3O4S. The Balaban J connectivity index is 1.36. The van der Waals surface area contributed by atoms with Crippen molar-refractivity contribution in [2.75, 3.05) is 16.4 Å². The Morgan fingerprint density at radius 2 is 1.82 bits per heavy atom. The lowest BCUT2D eigenvalue weighted by atomic mass is 9.91. The first-order valence-electron chi connectivity index (χ1n) is 12.8. The van der Waals surface area contributed by atoms with E-state index in [2.05, 4.69) is 24.2 Å². The number of hydrogen-bond acceptors (Lipinski definition) is 5. The first kappa shape index (κ1) is 22.1. The molecule has 3 heterocycles. The maximum Gasteiger partial charge on any atom is 0.230 e. The highest BCUT2D eigenvalue weighted by molar-refractivity contribution is 7.91. The number of ether oxygens (including phenoxy) is 1. The molecule has 34 heavy (non-hydrogen) atoms. The van der Waals surface area contributed by atoms with Gasteiger partial charge in [-0.05, 0) is 76.8 Å². The summed E-state index contributed by atoms with van der Waals surface area (Å²) in [5.74, 6) is 1.81. The van der Waals surface area contributed by atoms with Crippen molar-refractivity contribution in [1.82, 2.24) is 9.78 Å². The molecule has 1 atom stereocenters. The Bertz CT molecular complexity index is 1200. The fourth-order valence-corrected chi connectivity index (χ4v) is 6.97. The third-order valence-corrected chi connectivity index (χ3v) is 9.78. The molecule has 1 aromatic heterocycles. The molecule has 1 amide bonds. The molecule has 0 N–H and O–H groups in total. The lowest BCUT2D eigenvalue weighted by molar-refractivity contribution is -0.120. The highest BCUT2D eigenvalue weighted by atomic mass is 32.2. The second-order valence-corrected chi connectivity index (χ2v) is 12.9. The third kappa shape index (κ3) is 4.04. The Hall–Kier alpha value is -2.35. The first-order chi connectivity index (χ1) is 16.4. The molecule has 2 aromatic rings. The van der Waals surface area contributed by atoms with Crippen LogP contribution in [0, 0.1) is 5.92 Å². The number of carbonyl (C=O) groups is 1. The highest BCUT2D eigenvalue weighted by Gasteiger charge is 2.39. The number of fused-ring (bicyclic) bond motifs is 1. The molecule has 7 nitrogen and oxygen atoms in total. The molecule has 1 saturated heterocycles. The minimum Gasteiger partial charge on any atom is -0.489 e. The fraction of sp³-hybridized carbons (Fsp3) is 0.615. The van der Waals surface area contributed by atoms with Crippen molar-refractivity contribution < 1.29 is 17.9 Å². The molecule has 2 aliphatic carbocycles. The van der Waals surface area contributed by atoms with E-state index in [-0.39, 0.29) is 41.5 Å². The van der Waals surface area contributed by atoms with Crippen LogP contribution in [0.4, 0.5) is 5.69 Å². The lowest BCUT2D eigenvalue weighted by Crippen LogP contribution is -2.43. The van der Waals surface area contributed by atoms with Gasteiger partial charge in [0.1, 0.15) is 15.6 Å². The van der Waals surface area contributed by atoms with Crippen molar-refractivity contribution in [3.63, 3.8) is 0 Å². The predicted molar refractivity (Wildman–Crippen MR) is 131 cm³/mol. The first-order valence-corrected chi connectivity index (χ1v) is 14.6. The van der Waals surface area contributed by atoms with E-state index in [1.54, 1.807) is 0 Å². The summed E-state index contributed by atoms with van der Waals surface area (Å²) in [6.45, 7) is 2.15. The summed E-state index contributed by atoms with van der Waals surface area (Å²) >= 11 is 0. The number of anilines is 1. The van der Waals surface area contributed by atoms with Crippen LogP contribution in [-0.4, -0.2) is 47.8 Å². The molecule has 0 radical (unpaired) electrons. The minimum atomic E-state index is -2.91. The molecule has 6 rings (SSSR count). The van der Waals surface area contributed by atoms with Crippen LogP contribution in [0.3, 0.4) is 0 Å². The molecule has 2 aliphatic heterocycles. The summed E-state index contributed by atoms with van der Waals surface area (Å²) < 4.78 is 32.2. The topological polar surface area (TPSA) is 81.5 Å². The van der Waals surface area contributed by atoms with Crippen LogP contribution in [0.15, 0.2) is 24.5 Å². The smallest absolute Gasteiger partial charge is 0.230 e. The molecule has 1 aromatic carbocycles. The van der Waals surface area contributed by atoms with Crippen LogP contribution in [0.2, 0.25) is 0 Å². The van der Waals surface area contributed by atoms with Crippen molar-refractivity contribution >= 4 is 21.4 Å². The molecule has 2 saturated carbocycles. The molecule has 3 fully saturated rings. The summed E-state index contributed by atoms with van der Waals surface area (Å²) in [6.07, 6.45) is 12.5. The van der Waals surface area contributed by atoms with Gasteiger partial charge in [0.15, 0.2) is 0 Å². The van der Waals surface area contributed by atoms with Gasteiger partial charge in [-0.15, -0.1) is 0 Å². The molecule has 0 spiro atoms. The largest absolute Gasteiger partial charge is 0.489 e. The van der Waals surface area contributed by atoms with Gasteiger partial charge < -0.3 is 9.64 Å². The average Bonchev–Trinajstić information content (AvgIpc) is 3.53. The highest BCUT2D eigenvalue weighted by Crippen LogP contribution is 2.46. The Morgan fingerprint density at radius 1 is 1.06 bits per heavy atom. The van der Waals surface area contributed by atoms with Crippen LogP contribution < -0.4 is 9.64 Å². The number of carbonyl (C=O) groups excluding carboxylic acids is 1. The van der Waals surface area contributed by atoms with Crippen molar-refractivity contribution in [3.05, 3.63) is 30.1 Å². The zero-order valence-corrected chi connectivity index (χ0v) is 20.6. The van der Waals surface area contributed by atoms with E-state index in [0.29, 0.717) is 12.8 Å². The third-order valence-electron chi connectivity index (χ3n) is 8.06. The number of benzene rings is 1. The summed E-state index contributed by atoms with van der Waals surface area (Å²) in [4.78, 5) is 15.2. The second-order valence-electron chi connectivity index (χ2n) is 10.6. The molecule has 0 bridgehead atoms. The fourth-order valence-electron chi connectivity index (χ4n) is 5.50. The van der Waals surface area contributed by atoms with Crippen molar-refractivity contribution in [2.45, 2.75) is 82.9 Å². The van der Waals surface area contributed by atoms with E-state index in [1.165, 1.54) is 6.42 Å². The SMILES string of the molecule is C[C@H]1CCc2c(ccc(-c3cnn(C4CCS(=O)(=O)CC4)c3)c2OC2CCC2)N1C(=O)C1CC1. The Labute approximate surface area is 201 Å². The number of sulfone groups is 1. The molecule has 0 unspecified atom stereocenters. The summed E-state index contributed by atoms with van der Waals surface area (Å²) in [5, 5.41) is 4.62. The predicted octanol–water partition coefficient (Wildman–Crippen LogP) is 4.31. The second kappa shape index (κ2) is 8.40. The zero-order valence-electron chi connectivity index (χ0n) is 19.8. The van der Waals surface area contributed by atoms with E-state index in [0.717, 1.165) is 66.7 Å². The molecular weight excluding hydrogens is 450 g/mol. The number of amides is 1. The Kier molecular flexibility index (Phi) is 5.47. The Morgan fingerprint density at radius 3 is 2.50 bits per heavy atom. The van der Waals surface area contributed by atoms with E-state index in [4.69, 9.17) is 4.74 Å². The van der Waals surface area contributed by atoms with Gasteiger partial charge in [0.2, 0.25) is 5.91 Å². The van der Waals surface area contributed by atoms with E-state index in [1.807, 2.05) is 22.0 Å². The van der Waals surface area contributed by atoms with Gasteiger partial charge in [0, 0.05) is 34.8 Å². The summed E-state index contributed by atoms with van der Waals surface area (Å²) in [7, 11) is -2.91. The van der Waals surface area contributed by atoms with E-state index < -0.39 is 9.84 Å². The van der Waals surface area contributed by atoms with Gasteiger partial charge in [-0.3, -0.25) is 9.48 Å². The van der Waals surface area contributed by atoms with Crippen LogP contribution >= 0.6 is 0 Å². The van der Waals surface area contributed by atoms with Gasteiger partial charge in [-0.25, -0.2) is 8.42 Å². The van der Waals surface area contributed by atoms with Crippen molar-refractivity contribution in [3.8, 4) is 16.9 Å². The van der Waals surface area contributed by atoms with Gasteiger partial charge in [-0.1, -0.05) is 0 Å². The molecule has 8 heteroatoms. The van der Waals surface area contributed by atoms with Crippen LogP contribution in [-0.2, 0) is 21.1 Å². The minimum absolute atomic E-state index is 0.110. The number of hydrogen-bond donors (Lipinski definition) is 0.